The predicted octanol–water partition coefficient (Wildman–Crippen LogP) is 2.89. The van der Waals surface area contributed by atoms with E-state index in [2.05, 4.69) is 9.97 Å². The van der Waals surface area contributed by atoms with Crippen LogP contribution in [0.15, 0.2) is 47.4 Å². The minimum atomic E-state index is -0.0821. The summed E-state index contributed by atoms with van der Waals surface area (Å²) in [7, 11) is 0. The van der Waals surface area contributed by atoms with Gasteiger partial charge in [-0.3, -0.25) is 14.3 Å². The summed E-state index contributed by atoms with van der Waals surface area (Å²) < 4.78 is 1.60. The van der Waals surface area contributed by atoms with Crippen molar-refractivity contribution in [2.45, 2.75) is 19.3 Å². The largest absolute Gasteiger partial charge is 0.289 e. The Morgan fingerprint density at radius 3 is 2.76 bits per heavy atom. The molecule has 0 aliphatic carbocycles. The van der Waals surface area contributed by atoms with Crippen LogP contribution < -0.4 is 5.56 Å². The van der Waals surface area contributed by atoms with E-state index in [1.54, 1.807) is 16.8 Å². The number of para-hydroxylation sites is 1. The van der Waals surface area contributed by atoms with Gasteiger partial charge in [0.2, 0.25) is 0 Å². The van der Waals surface area contributed by atoms with E-state index in [0.717, 1.165) is 11.3 Å². The second-order valence-corrected chi connectivity index (χ2v) is 5.10. The molecule has 0 saturated heterocycles. The van der Waals surface area contributed by atoms with Gasteiger partial charge in [-0.05, 0) is 30.7 Å². The lowest BCUT2D eigenvalue weighted by Crippen LogP contribution is -2.26. The van der Waals surface area contributed by atoms with Crippen LogP contribution >= 0.6 is 11.6 Å². The van der Waals surface area contributed by atoms with Crippen LogP contribution in [-0.4, -0.2) is 14.5 Å². The van der Waals surface area contributed by atoms with Gasteiger partial charge >= 0.3 is 0 Å². The molecule has 0 aliphatic heterocycles. The van der Waals surface area contributed by atoms with E-state index in [4.69, 9.17) is 11.6 Å². The number of halogens is 1. The molecule has 21 heavy (non-hydrogen) atoms. The molecule has 0 bridgehead atoms. The van der Waals surface area contributed by atoms with E-state index in [1.807, 2.05) is 37.3 Å². The second-order valence-electron chi connectivity index (χ2n) is 4.84. The lowest BCUT2D eigenvalue weighted by atomic mass is 10.2. The Kier molecular flexibility index (Phi) is 3.71. The van der Waals surface area contributed by atoms with Crippen molar-refractivity contribution >= 4 is 22.5 Å². The first kappa shape index (κ1) is 13.8. The fraction of sp³-hybridized carbons (Fsp3) is 0.188. The van der Waals surface area contributed by atoms with Crippen LogP contribution in [0.5, 0.6) is 0 Å². The van der Waals surface area contributed by atoms with Crippen molar-refractivity contribution in [3.63, 3.8) is 0 Å². The minimum absolute atomic E-state index is 0.0821. The molecular formula is C16H14ClN3O. The van der Waals surface area contributed by atoms with Gasteiger partial charge < -0.3 is 0 Å². The summed E-state index contributed by atoms with van der Waals surface area (Å²) in [4.78, 5) is 21.5. The fourth-order valence-electron chi connectivity index (χ4n) is 2.31. The maximum Gasteiger partial charge on any atom is 0.261 e. The predicted molar refractivity (Wildman–Crippen MR) is 83.6 cm³/mol. The van der Waals surface area contributed by atoms with Crippen molar-refractivity contribution in [3.05, 3.63) is 70.0 Å². The lowest BCUT2D eigenvalue weighted by molar-refractivity contribution is 0.688. The van der Waals surface area contributed by atoms with Crippen LogP contribution in [0.25, 0.3) is 10.9 Å². The fourth-order valence-corrected chi connectivity index (χ4v) is 2.52. The maximum atomic E-state index is 12.7. The standard InChI is InChI=1S/C16H14ClN3O/c1-11-5-4-8-18-14(11)10-20-15(9-17)19-13-7-3-2-6-12(13)16(20)21/h2-8H,9-10H2,1H3. The number of hydrogen-bond acceptors (Lipinski definition) is 3. The van der Waals surface area contributed by atoms with Crippen LogP contribution in [0.1, 0.15) is 17.1 Å². The van der Waals surface area contributed by atoms with Crippen LogP contribution in [0.3, 0.4) is 0 Å². The molecule has 0 saturated carbocycles. The first-order valence-corrected chi connectivity index (χ1v) is 7.19. The van der Waals surface area contributed by atoms with Crippen molar-refractivity contribution in [3.8, 4) is 0 Å². The van der Waals surface area contributed by atoms with Crippen molar-refractivity contribution in [1.82, 2.24) is 14.5 Å². The maximum absolute atomic E-state index is 12.7. The van der Waals surface area contributed by atoms with Crippen LogP contribution in [0, 0.1) is 6.92 Å². The number of pyridine rings is 1. The molecule has 5 heteroatoms. The van der Waals surface area contributed by atoms with Crippen LogP contribution in [0.2, 0.25) is 0 Å². The van der Waals surface area contributed by atoms with Crippen LogP contribution in [0.4, 0.5) is 0 Å². The van der Waals surface area contributed by atoms with Crippen LogP contribution in [-0.2, 0) is 12.4 Å². The van der Waals surface area contributed by atoms with Crippen molar-refractivity contribution < 1.29 is 0 Å². The molecule has 0 fully saturated rings. The summed E-state index contributed by atoms with van der Waals surface area (Å²) in [5.74, 6) is 0.747. The molecule has 0 aliphatic rings. The summed E-state index contributed by atoms with van der Waals surface area (Å²) in [5.41, 5.74) is 2.48. The van der Waals surface area contributed by atoms with Crippen molar-refractivity contribution in [2.75, 3.05) is 0 Å². The number of hydrogen-bond donors (Lipinski definition) is 0. The minimum Gasteiger partial charge on any atom is -0.289 e. The SMILES string of the molecule is Cc1cccnc1Cn1c(CCl)nc2ccccc2c1=O. The molecule has 0 N–H and O–H groups in total. The molecule has 4 nitrogen and oxygen atoms in total. The normalized spacial score (nSPS) is 11.0. The third-order valence-electron chi connectivity index (χ3n) is 3.49. The lowest BCUT2D eigenvalue weighted by Gasteiger charge is -2.12. The molecule has 3 rings (SSSR count). The molecular weight excluding hydrogens is 286 g/mol. The molecule has 2 heterocycles. The van der Waals surface area contributed by atoms with E-state index >= 15 is 0 Å². The second kappa shape index (κ2) is 5.66. The number of aryl methyl sites for hydroxylation is 1. The van der Waals surface area contributed by atoms with Gasteiger partial charge in [-0.2, -0.15) is 0 Å². The van der Waals surface area contributed by atoms with E-state index in [-0.39, 0.29) is 11.4 Å². The van der Waals surface area contributed by atoms with Gasteiger partial charge in [-0.15, -0.1) is 11.6 Å². The van der Waals surface area contributed by atoms with E-state index in [1.165, 1.54) is 0 Å². The highest BCUT2D eigenvalue weighted by molar-refractivity contribution is 6.16. The van der Waals surface area contributed by atoms with Gasteiger partial charge in [-0.1, -0.05) is 18.2 Å². The van der Waals surface area contributed by atoms with E-state index < -0.39 is 0 Å². The van der Waals surface area contributed by atoms with Crippen molar-refractivity contribution in [1.29, 1.82) is 0 Å². The third-order valence-corrected chi connectivity index (χ3v) is 3.72. The quantitative estimate of drug-likeness (QED) is 0.699. The molecule has 0 atom stereocenters. The molecule has 0 spiro atoms. The Labute approximate surface area is 127 Å². The summed E-state index contributed by atoms with van der Waals surface area (Å²) >= 11 is 5.97. The number of nitrogens with zero attached hydrogens (tertiary/aromatic N) is 3. The molecule has 3 aromatic rings. The highest BCUT2D eigenvalue weighted by Crippen LogP contribution is 2.12. The van der Waals surface area contributed by atoms with Crippen molar-refractivity contribution in [2.24, 2.45) is 0 Å². The summed E-state index contributed by atoms with van der Waals surface area (Å²) in [6, 6.07) is 11.2. The average molecular weight is 300 g/mol. The van der Waals surface area contributed by atoms with E-state index in [0.29, 0.717) is 23.3 Å². The van der Waals surface area contributed by atoms with Gasteiger partial charge in [0.1, 0.15) is 5.82 Å². The molecule has 1 aromatic carbocycles. The zero-order valence-electron chi connectivity index (χ0n) is 11.6. The monoisotopic (exact) mass is 299 g/mol. The Balaban J connectivity index is 2.20. The third kappa shape index (κ3) is 2.54. The Morgan fingerprint density at radius 2 is 2.00 bits per heavy atom. The van der Waals surface area contributed by atoms with Gasteiger partial charge in [0, 0.05) is 6.20 Å². The smallest absolute Gasteiger partial charge is 0.261 e. The molecule has 0 unspecified atom stereocenters. The molecule has 0 radical (unpaired) electrons. The average Bonchev–Trinajstić information content (AvgIpc) is 2.52. The summed E-state index contributed by atoms with van der Waals surface area (Å²) in [5, 5.41) is 0.597. The Morgan fingerprint density at radius 1 is 1.19 bits per heavy atom. The topological polar surface area (TPSA) is 47.8 Å². The summed E-state index contributed by atoms with van der Waals surface area (Å²) in [6.07, 6.45) is 1.72. The van der Waals surface area contributed by atoms with Gasteiger partial charge in [0.05, 0.1) is 29.0 Å². The first-order valence-electron chi connectivity index (χ1n) is 6.65. The molecule has 106 valence electrons. The highest BCUT2D eigenvalue weighted by Gasteiger charge is 2.11. The van der Waals surface area contributed by atoms with Gasteiger partial charge in [-0.25, -0.2) is 4.98 Å². The highest BCUT2D eigenvalue weighted by atomic mass is 35.5. The molecule has 2 aromatic heterocycles. The number of fused-ring (bicyclic) bond motifs is 1. The van der Waals surface area contributed by atoms with Gasteiger partial charge in [0.15, 0.2) is 0 Å². The number of aromatic nitrogens is 3. The number of benzene rings is 1. The summed E-state index contributed by atoms with van der Waals surface area (Å²) in [6.45, 7) is 2.35. The molecule has 0 amide bonds. The Bertz CT molecular complexity index is 858. The van der Waals surface area contributed by atoms with Gasteiger partial charge in [0.25, 0.3) is 5.56 Å². The van der Waals surface area contributed by atoms with E-state index in [9.17, 15) is 4.79 Å². The Hall–Kier alpha value is -2.20. The first-order chi connectivity index (χ1) is 10.2. The number of rotatable bonds is 3. The number of alkyl halides is 1. The zero-order chi connectivity index (χ0) is 14.8. The zero-order valence-corrected chi connectivity index (χ0v) is 12.3.